The second-order valence-electron chi connectivity index (χ2n) is 5.35. The molecule has 1 aromatic carbocycles. The van der Waals surface area contributed by atoms with Crippen molar-refractivity contribution in [2.75, 3.05) is 0 Å². The first kappa shape index (κ1) is 12.1. The highest BCUT2D eigenvalue weighted by molar-refractivity contribution is 5.91. The van der Waals surface area contributed by atoms with Gasteiger partial charge in [0.05, 0.1) is 0 Å². The standard InChI is InChI=1S/C16H21N/c1-4-6-14-7-5-8-15(9-14)16(13(3)17)10-12(2)11-16/h4-9,12,17H,10-11H2,1-3H3/b6-4+,17-13?. The topological polar surface area (TPSA) is 23.9 Å². The predicted molar refractivity (Wildman–Crippen MR) is 74.6 cm³/mol. The van der Waals surface area contributed by atoms with Crippen molar-refractivity contribution >= 4 is 11.8 Å². The lowest BCUT2D eigenvalue weighted by Crippen LogP contribution is -2.45. The zero-order valence-electron chi connectivity index (χ0n) is 11.0. The van der Waals surface area contributed by atoms with Gasteiger partial charge in [0.25, 0.3) is 0 Å². The monoisotopic (exact) mass is 227 g/mol. The fraction of sp³-hybridized carbons (Fsp3) is 0.438. The highest BCUT2D eigenvalue weighted by atomic mass is 14.6. The second kappa shape index (κ2) is 4.48. The Balaban J connectivity index is 2.38. The molecule has 0 saturated heterocycles. The Labute approximate surface area is 104 Å². The molecule has 2 rings (SSSR count). The van der Waals surface area contributed by atoms with Crippen LogP contribution in [-0.2, 0) is 5.41 Å². The number of allylic oxidation sites excluding steroid dienone is 1. The van der Waals surface area contributed by atoms with Gasteiger partial charge in [-0.15, -0.1) is 0 Å². The van der Waals surface area contributed by atoms with Crippen LogP contribution in [0.3, 0.4) is 0 Å². The third kappa shape index (κ3) is 2.06. The minimum Gasteiger partial charge on any atom is -0.309 e. The van der Waals surface area contributed by atoms with Crippen molar-refractivity contribution in [3.63, 3.8) is 0 Å². The number of hydrogen-bond acceptors (Lipinski definition) is 1. The zero-order chi connectivity index (χ0) is 12.5. The van der Waals surface area contributed by atoms with E-state index in [9.17, 15) is 0 Å². The van der Waals surface area contributed by atoms with E-state index in [0.29, 0.717) is 0 Å². The van der Waals surface area contributed by atoms with Gasteiger partial charge in [-0.3, -0.25) is 0 Å². The minimum atomic E-state index is 0.0248. The molecule has 0 aromatic heterocycles. The van der Waals surface area contributed by atoms with Crippen LogP contribution in [0.2, 0.25) is 0 Å². The quantitative estimate of drug-likeness (QED) is 0.739. The fourth-order valence-electron chi connectivity index (χ4n) is 3.02. The predicted octanol–water partition coefficient (Wildman–Crippen LogP) is 4.43. The van der Waals surface area contributed by atoms with Crippen molar-refractivity contribution in [3.05, 3.63) is 41.5 Å². The van der Waals surface area contributed by atoms with Crippen LogP contribution in [0.25, 0.3) is 6.08 Å². The molecule has 17 heavy (non-hydrogen) atoms. The van der Waals surface area contributed by atoms with Crippen LogP contribution in [-0.4, -0.2) is 5.71 Å². The van der Waals surface area contributed by atoms with Gasteiger partial charge in [0.15, 0.2) is 0 Å². The second-order valence-corrected chi connectivity index (χ2v) is 5.35. The first-order valence-electron chi connectivity index (χ1n) is 6.37. The Hall–Kier alpha value is -1.37. The van der Waals surface area contributed by atoms with E-state index in [-0.39, 0.29) is 5.41 Å². The van der Waals surface area contributed by atoms with Gasteiger partial charge in [-0.2, -0.15) is 0 Å². The molecule has 0 heterocycles. The maximum Gasteiger partial charge on any atom is 0.0331 e. The molecule has 0 unspecified atom stereocenters. The van der Waals surface area contributed by atoms with Gasteiger partial charge in [-0.1, -0.05) is 43.3 Å². The molecule has 0 radical (unpaired) electrons. The van der Waals surface area contributed by atoms with Gasteiger partial charge in [0.1, 0.15) is 0 Å². The summed E-state index contributed by atoms with van der Waals surface area (Å²) >= 11 is 0. The lowest BCUT2D eigenvalue weighted by Gasteiger charge is -2.47. The SMILES string of the molecule is C/C=C/c1cccc(C2(C(C)=N)CC(C)C2)c1. The average Bonchev–Trinajstić information content (AvgIpc) is 2.25. The molecule has 1 nitrogen and oxygen atoms in total. The molecule has 0 atom stereocenters. The summed E-state index contributed by atoms with van der Waals surface area (Å²) < 4.78 is 0. The molecule has 0 spiro atoms. The van der Waals surface area contributed by atoms with Gasteiger partial charge < -0.3 is 5.41 Å². The van der Waals surface area contributed by atoms with Crippen LogP contribution < -0.4 is 0 Å². The van der Waals surface area contributed by atoms with Crippen molar-refractivity contribution in [2.45, 2.75) is 39.0 Å². The molecule has 0 aliphatic heterocycles. The molecule has 1 heteroatoms. The molecule has 0 amide bonds. The Morgan fingerprint density at radius 1 is 1.41 bits per heavy atom. The maximum absolute atomic E-state index is 8.08. The van der Waals surface area contributed by atoms with Gasteiger partial charge >= 0.3 is 0 Å². The Morgan fingerprint density at radius 3 is 2.65 bits per heavy atom. The van der Waals surface area contributed by atoms with E-state index in [4.69, 9.17) is 5.41 Å². The fourth-order valence-corrected chi connectivity index (χ4v) is 3.02. The Kier molecular flexibility index (Phi) is 3.19. The van der Waals surface area contributed by atoms with Crippen LogP contribution in [0.1, 0.15) is 44.7 Å². The third-order valence-corrected chi connectivity index (χ3v) is 3.91. The highest BCUT2D eigenvalue weighted by Crippen LogP contribution is 2.48. The van der Waals surface area contributed by atoms with Gasteiger partial charge in [0.2, 0.25) is 0 Å². The smallest absolute Gasteiger partial charge is 0.0331 e. The summed E-state index contributed by atoms with van der Waals surface area (Å²) in [6.07, 6.45) is 6.44. The average molecular weight is 227 g/mol. The van der Waals surface area contributed by atoms with Gasteiger partial charge in [-0.05, 0) is 43.7 Å². The van der Waals surface area contributed by atoms with E-state index in [2.05, 4.69) is 43.3 Å². The normalized spacial score (nSPS) is 28.1. The lowest BCUT2D eigenvalue weighted by atomic mass is 9.57. The zero-order valence-corrected chi connectivity index (χ0v) is 11.0. The van der Waals surface area contributed by atoms with Crippen LogP contribution in [0.5, 0.6) is 0 Å². The molecule has 1 aromatic rings. The molecule has 1 saturated carbocycles. The molecule has 1 fully saturated rings. The first-order valence-corrected chi connectivity index (χ1v) is 6.37. The molecule has 1 N–H and O–H groups in total. The van der Waals surface area contributed by atoms with Crippen LogP contribution >= 0.6 is 0 Å². The van der Waals surface area contributed by atoms with Crippen molar-refractivity contribution < 1.29 is 0 Å². The minimum absolute atomic E-state index is 0.0248. The van der Waals surface area contributed by atoms with Crippen LogP contribution in [0.4, 0.5) is 0 Å². The lowest BCUT2D eigenvalue weighted by molar-refractivity contribution is 0.228. The van der Waals surface area contributed by atoms with E-state index in [0.717, 1.165) is 24.5 Å². The van der Waals surface area contributed by atoms with E-state index >= 15 is 0 Å². The van der Waals surface area contributed by atoms with E-state index in [1.165, 1.54) is 11.1 Å². The van der Waals surface area contributed by atoms with E-state index in [1.807, 2.05) is 13.8 Å². The Morgan fingerprint density at radius 2 is 2.12 bits per heavy atom. The van der Waals surface area contributed by atoms with Crippen molar-refractivity contribution in [1.82, 2.24) is 0 Å². The van der Waals surface area contributed by atoms with E-state index < -0.39 is 0 Å². The number of benzene rings is 1. The summed E-state index contributed by atoms with van der Waals surface area (Å²) in [7, 11) is 0. The van der Waals surface area contributed by atoms with Crippen molar-refractivity contribution in [1.29, 1.82) is 5.41 Å². The van der Waals surface area contributed by atoms with Crippen molar-refractivity contribution in [2.24, 2.45) is 5.92 Å². The summed E-state index contributed by atoms with van der Waals surface area (Å²) in [5.74, 6) is 0.751. The summed E-state index contributed by atoms with van der Waals surface area (Å²) in [4.78, 5) is 0. The summed E-state index contributed by atoms with van der Waals surface area (Å²) in [6, 6.07) is 8.65. The Bertz CT molecular complexity index is 450. The summed E-state index contributed by atoms with van der Waals surface area (Å²) in [5.41, 5.74) is 3.40. The molecule has 1 aliphatic carbocycles. The first-order chi connectivity index (χ1) is 8.08. The van der Waals surface area contributed by atoms with Crippen molar-refractivity contribution in [3.8, 4) is 0 Å². The number of rotatable bonds is 3. The number of hydrogen-bond donors (Lipinski definition) is 1. The molecule has 0 bridgehead atoms. The molecular formula is C16H21N. The third-order valence-electron chi connectivity index (χ3n) is 3.91. The molecule has 90 valence electrons. The van der Waals surface area contributed by atoms with Gasteiger partial charge in [-0.25, -0.2) is 0 Å². The molecule has 1 aliphatic rings. The van der Waals surface area contributed by atoms with Gasteiger partial charge in [0, 0.05) is 11.1 Å². The molecular weight excluding hydrogens is 206 g/mol. The highest BCUT2D eigenvalue weighted by Gasteiger charge is 2.45. The van der Waals surface area contributed by atoms with Crippen LogP contribution in [0, 0.1) is 11.3 Å². The largest absolute Gasteiger partial charge is 0.309 e. The summed E-state index contributed by atoms with van der Waals surface area (Å²) in [6.45, 7) is 6.26. The summed E-state index contributed by atoms with van der Waals surface area (Å²) in [5, 5.41) is 8.08. The van der Waals surface area contributed by atoms with Crippen LogP contribution in [0.15, 0.2) is 30.3 Å². The maximum atomic E-state index is 8.08. The van der Waals surface area contributed by atoms with E-state index in [1.54, 1.807) is 0 Å². The number of nitrogens with one attached hydrogen (secondary N) is 1.